The second kappa shape index (κ2) is 6.81. The summed E-state index contributed by atoms with van der Waals surface area (Å²) < 4.78 is 22.2. The third-order valence-electron chi connectivity index (χ3n) is 3.96. The standard InChI is InChI=1S/C19H13N3O4S/c1-2-4-12(5-3-1)16-9-20-17(25-16)10-27-19-22-21-18(26-19)13-6-7-14-15(8-13)24-11-23-14/h1-9H,10-11H2. The molecule has 1 aliphatic rings. The van der Waals surface area contributed by atoms with Gasteiger partial charge in [-0.05, 0) is 18.2 Å². The van der Waals surface area contributed by atoms with E-state index in [1.807, 2.05) is 48.5 Å². The Kier molecular flexibility index (Phi) is 4.02. The van der Waals surface area contributed by atoms with Gasteiger partial charge in [0.15, 0.2) is 17.3 Å². The molecule has 2 aromatic heterocycles. The van der Waals surface area contributed by atoms with Crippen LogP contribution in [0.4, 0.5) is 0 Å². The number of nitrogens with zero attached hydrogens (tertiary/aromatic N) is 3. The van der Waals surface area contributed by atoms with Crippen molar-refractivity contribution in [2.45, 2.75) is 11.0 Å². The molecule has 0 unspecified atom stereocenters. The van der Waals surface area contributed by atoms with Crippen LogP contribution in [0.5, 0.6) is 11.5 Å². The van der Waals surface area contributed by atoms with E-state index in [9.17, 15) is 0 Å². The number of thioether (sulfide) groups is 1. The van der Waals surface area contributed by atoms with Gasteiger partial charge in [0.25, 0.3) is 5.22 Å². The van der Waals surface area contributed by atoms with Crippen LogP contribution in [0.25, 0.3) is 22.8 Å². The molecular formula is C19H13N3O4S. The minimum Gasteiger partial charge on any atom is -0.454 e. The summed E-state index contributed by atoms with van der Waals surface area (Å²) in [5.41, 5.74) is 1.77. The molecule has 0 radical (unpaired) electrons. The summed E-state index contributed by atoms with van der Waals surface area (Å²) in [6.45, 7) is 0.227. The Morgan fingerprint density at radius 1 is 0.889 bits per heavy atom. The average Bonchev–Trinajstić information content (AvgIpc) is 3.46. The van der Waals surface area contributed by atoms with Crippen LogP contribution in [0, 0.1) is 0 Å². The van der Waals surface area contributed by atoms with Crippen LogP contribution in [0.1, 0.15) is 5.89 Å². The molecule has 0 fully saturated rings. The molecule has 7 nitrogen and oxygen atoms in total. The van der Waals surface area contributed by atoms with Gasteiger partial charge in [-0.3, -0.25) is 0 Å². The first-order valence-electron chi connectivity index (χ1n) is 8.21. The minimum absolute atomic E-state index is 0.227. The molecule has 2 aromatic carbocycles. The molecule has 8 heteroatoms. The van der Waals surface area contributed by atoms with Crippen molar-refractivity contribution in [3.8, 4) is 34.3 Å². The predicted molar refractivity (Wildman–Crippen MR) is 97.4 cm³/mol. The Balaban J connectivity index is 1.27. The second-order valence-electron chi connectivity index (χ2n) is 5.71. The zero-order valence-electron chi connectivity index (χ0n) is 14.0. The number of benzene rings is 2. The molecule has 0 saturated heterocycles. The van der Waals surface area contributed by atoms with Crippen molar-refractivity contribution in [2.24, 2.45) is 0 Å². The van der Waals surface area contributed by atoms with E-state index in [1.54, 1.807) is 6.20 Å². The van der Waals surface area contributed by atoms with Crippen LogP contribution in [-0.4, -0.2) is 22.0 Å². The Hall–Kier alpha value is -3.26. The zero-order chi connectivity index (χ0) is 18.1. The van der Waals surface area contributed by atoms with Gasteiger partial charge in [-0.2, -0.15) is 0 Å². The number of aromatic nitrogens is 3. The molecule has 0 saturated carbocycles. The van der Waals surface area contributed by atoms with Crippen LogP contribution in [0.15, 0.2) is 68.8 Å². The lowest BCUT2D eigenvalue weighted by molar-refractivity contribution is 0.174. The van der Waals surface area contributed by atoms with E-state index in [0.717, 1.165) is 16.9 Å². The van der Waals surface area contributed by atoms with Crippen LogP contribution in [0.2, 0.25) is 0 Å². The number of hydrogen-bond acceptors (Lipinski definition) is 8. The van der Waals surface area contributed by atoms with Crippen molar-refractivity contribution >= 4 is 11.8 Å². The van der Waals surface area contributed by atoms with Crippen molar-refractivity contribution in [1.29, 1.82) is 0 Å². The van der Waals surface area contributed by atoms with Crippen molar-refractivity contribution in [3.05, 3.63) is 60.6 Å². The number of hydrogen-bond donors (Lipinski definition) is 0. The summed E-state index contributed by atoms with van der Waals surface area (Å²) in [5, 5.41) is 8.61. The zero-order valence-corrected chi connectivity index (χ0v) is 14.8. The fourth-order valence-corrected chi connectivity index (χ4v) is 3.27. The molecule has 0 atom stereocenters. The summed E-state index contributed by atoms with van der Waals surface area (Å²) in [6, 6.07) is 15.3. The van der Waals surface area contributed by atoms with Gasteiger partial charge in [0.1, 0.15) is 0 Å². The topological polar surface area (TPSA) is 83.4 Å². The maximum absolute atomic E-state index is 5.78. The highest BCUT2D eigenvalue weighted by Crippen LogP contribution is 2.36. The predicted octanol–water partition coefficient (Wildman–Crippen LogP) is 4.41. The summed E-state index contributed by atoms with van der Waals surface area (Å²) in [4.78, 5) is 4.30. The highest BCUT2D eigenvalue weighted by molar-refractivity contribution is 7.98. The van der Waals surface area contributed by atoms with Gasteiger partial charge in [-0.15, -0.1) is 10.2 Å². The van der Waals surface area contributed by atoms with Gasteiger partial charge < -0.3 is 18.3 Å². The fraction of sp³-hybridized carbons (Fsp3) is 0.105. The lowest BCUT2D eigenvalue weighted by Gasteiger charge is -1.98. The van der Waals surface area contributed by atoms with Crippen LogP contribution in [-0.2, 0) is 5.75 Å². The summed E-state index contributed by atoms with van der Waals surface area (Å²) >= 11 is 1.37. The third-order valence-corrected chi connectivity index (χ3v) is 4.76. The maximum atomic E-state index is 5.78. The van der Waals surface area contributed by atoms with E-state index >= 15 is 0 Å². The highest BCUT2D eigenvalue weighted by Gasteiger charge is 2.17. The Bertz CT molecular complexity index is 1080. The molecule has 5 rings (SSSR count). The first kappa shape index (κ1) is 16.0. The first-order chi connectivity index (χ1) is 13.3. The quantitative estimate of drug-likeness (QED) is 0.472. The summed E-state index contributed by atoms with van der Waals surface area (Å²) in [7, 11) is 0. The summed E-state index contributed by atoms with van der Waals surface area (Å²) in [6.07, 6.45) is 1.72. The second-order valence-corrected chi connectivity index (χ2v) is 6.64. The van der Waals surface area contributed by atoms with Crippen LogP contribution >= 0.6 is 11.8 Å². The normalized spacial score (nSPS) is 12.4. The largest absolute Gasteiger partial charge is 0.454 e. The van der Waals surface area contributed by atoms with Gasteiger partial charge in [0, 0.05) is 11.1 Å². The summed E-state index contributed by atoms with van der Waals surface area (Å²) in [5.74, 6) is 3.64. The SMILES string of the molecule is c1ccc(-c2cnc(CSc3nnc(-c4ccc5c(c4)OCO5)o3)o2)cc1. The Morgan fingerprint density at radius 2 is 1.78 bits per heavy atom. The van der Waals surface area contributed by atoms with E-state index in [0.29, 0.717) is 34.3 Å². The van der Waals surface area contributed by atoms with E-state index < -0.39 is 0 Å². The number of fused-ring (bicyclic) bond motifs is 1. The number of ether oxygens (including phenoxy) is 2. The first-order valence-corrected chi connectivity index (χ1v) is 9.20. The molecule has 0 aliphatic carbocycles. The van der Waals surface area contributed by atoms with E-state index in [1.165, 1.54) is 11.8 Å². The van der Waals surface area contributed by atoms with Crippen LogP contribution < -0.4 is 9.47 Å². The van der Waals surface area contributed by atoms with Gasteiger partial charge in [-0.1, -0.05) is 42.1 Å². The van der Waals surface area contributed by atoms with Crippen molar-refractivity contribution < 1.29 is 18.3 Å². The molecule has 0 amide bonds. The average molecular weight is 379 g/mol. The Morgan fingerprint density at radius 3 is 2.70 bits per heavy atom. The molecule has 1 aliphatic heterocycles. The molecule has 4 aromatic rings. The molecule has 0 N–H and O–H groups in total. The van der Waals surface area contributed by atoms with E-state index in [4.69, 9.17) is 18.3 Å². The fourth-order valence-electron chi connectivity index (χ4n) is 2.65. The van der Waals surface area contributed by atoms with Crippen molar-refractivity contribution in [3.63, 3.8) is 0 Å². The lowest BCUT2D eigenvalue weighted by atomic mass is 10.2. The van der Waals surface area contributed by atoms with E-state index in [-0.39, 0.29) is 6.79 Å². The minimum atomic E-state index is 0.227. The van der Waals surface area contributed by atoms with Gasteiger partial charge in [0.2, 0.25) is 18.6 Å². The van der Waals surface area contributed by atoms with Gasteiger partial charge >= 0.3 is 0 Å². The number of oxazole rings is 1. The smallest absolute Gasteiger partial charge is 0.277 e. The maximum Gasteiger partial charge on any atom is 0.277 e. The Labute approximate surface area is 158 Å². The molecule has 27 heavy (non-hydrogen) atoms. The lowest BCUT2D eigenvalue weighted by Crippen LogP contribution is -1.92. The van der Waals surface area contributed by atoms with Crippen molar-refractivity contribution in [2.75, 3.05) is 6.79 Å². The van der Waals surface area contributed by atoms with Crippen LogP contribution in [0.3, 0.4) is 0 Å². The molecule has 0 bridgehead atoms. The van der Waals surface area contributed by atoms with Crippen molar-refractivity contribution in [1.82, 2.24) is 15.2 Å². The van der Waals surface area contributed by atoms with Gasteiger partial charge in [-0.25, -0.2) is 4.98 Å². The molecule has 134 valence electrons. The third kappa shape index (κ3) is 3.26. The highest BCUT2D eigenvalue weighted by atomic mass is 32.2. The molecule has 0 spiro atoms. The van der Waals surface area contributed by atoms with Gasteiger partial charge in [0.05, 0.1) is 11.9 Å². The monoisotopic (exact) mass is 379 g/mol. The molecule has 3 heterocycles. The molecular weight excluding hydrogens is 366 g/mol. The number of rotatable bonds is 5. The van der Waals surface area contributed by atoms with E-state index in [2.05, 4.69) is 15.2 Å².